The van der Waals surface area contributed by atoms with Gasteiger partial charge < -0.3 is 30.6 Å². The molecule has 0 heterocycles. The Hall–Kier alpha value is -2.22. The summed E-state index contributed by atoms with van der Waals surface area (Å²) in [4.78, 5) is 64.5. The number of aliphatic hydroxyl groups is 6. The van der Waals surface area contributed by atoms with Crippen LogP contribution in [0, 0.1) is 58.7 Å². The topological polar surface area (TPSA) is 224 Å². The molecule has 0 spiro atoms. The molecule has 12 nitrogen and oxygen atoms in total. The molecule has 0 saturated heterocycles. The lowest BCUT2D eigenvalue weighted by Crippen LogP contribution is -2.35. The van der Waals surface area contributed by atoms with Gasteiger partial charge in [-0.1, -0.05) is 138 Å². The second-order valence-electron chi connectivity index (χ2n) is 19.3. The third-order valence-corrected chi connectivity index (χ3v) is 11.6. The Morgan fingerprint density at radius 1 is 0.429 bits per heavy atom. The lowest BCUT2D eigenvalue weighted by Gasteiger charge is -2.29. The molecule has 6 N–H and O–H groups in total. The van der Waals surface area contributed by atoms with Gasteiger partial charge in [0.1, 0.15) is 34.7 Å². The summed E-state index contributed by atoms with van der Waals surface area (Å²) in [5, 5.41) is 56.3. The van der Waals surface area contributed by atoms with Crippen molar-refractivity contribution < 1.29 is 59.4 Å². The summed E-state index contributed by atoms with van der Waals surface area (Å²) in [6.45, 7) is 41.2. The summed E-state index contributed by atoms with van der Waals surface area (Å²) in [6, 6.07) is 0. The largest absolute Gasteiger partial charge is 0.392 e. The second-order valence-corrected chi connectivity index (χ2v) is 19.3. The van der Waals surface area contributed by atoms with Crippen molar-refractivity contribution in [2.45, 2.75) is 235 Å². The molecule has 0 saturated carbocycles. The van der Waals surface area contributed by atoms with E-state index in [9.17, 15) is 54.3 Å². The first-order valence-electron chi connectivity index (χ1n) is 23.0. The molecule has 0 aliphatic carbocycles. The summed E-state index contributed by atoms with van der Waals surface area (Å²) in [7, 11) is 0. The van der Waals surface area contributed by atoms with Crippen molar-refractivity contribution in [3.63, 3.8) is 0 Å². The molecule has 0 rings (SSSR count). The molecular formula is C51H104O12. The average Bonchev–Trinajstić information content (AvgIpc) is 3.17. The fourth-order valence-electron chi connectivity index (χ4n) is 5.16. The first kappa shape index (κ1) is 75.1. The van der Waals surface area contributed by atoms with Crippen LogP contribution in [0.3, 0.4) is 0 Å². The summed E-state index contributed by atoms with van der Waals surface area (Å²) in [5.41, 5.74) is -0.203. The second kappa shape index (κ2) is 40.1. The number of Topliss-reactive ketones (excluding diaryl/α,β-unsaturated/α-hetero) is 6. The van der Waals surface area contributed by atoms with Crippen LogP contribution in [0.5, 0.6) is 0 Å². The van der Waals surface area contributed by atoms with E-state index in [0.29, 0.717) is 18.8 Å². The Morgan fingerprint density at radius 2 is 0.730 bits per heavy atom. The first-order valence-corrected chi connectivity index (χ1v) is 23.0. The highest BCUT2D eigenvalue weighted by Gasteiger charge is 2.30. The van der Waals surface area contributed by atoms with Crippen molar-refractivity contribution in [3.8, 4) is 0 Å². The molecular weight excluding hydrogens is 805 g/mol. The van der Waals surface area contributed by atoms with Gasteiger partial charge in [-0.25, -0.2) is 0 Å². The van der Waals surface area contributed by atoms with Crippen molar-refractivity contribution in [1.82, 2.24) is 0 Å². The summed E-state index contributed by atoms with van der Waals surface area (Å²) in [5.74, 6) is -0.0956. The van der Waals surface area contributed by atoms with Gasteiger partial charge in [-0.3, -0.25) is 28.8 Å². The van der Waals surface area contributed by atoms with Crippen molar-refractivity contribution in [3.05, 3.63) is 0 Å². The first-order chi connectivity index (χ1) is 27.9. The zero-order valence-electron chi connectivity index (χ0n) is 43.8. The number of ketones is 6. The molecule has 13 unspecified atom stereocenters. The molecule has 63 heavy (non-hydrogen) atoms. The highest BCUT2D eigenvalue weighted by atomic mass is 16.3. The van der Waals surface area contributed by atoms with E-state index in [1.165, 1.54) is 41.5 Å². The molecule has 0 amide bonds. The smallest absolute Gasteiger partial charge is 0.135 e. The van der Waals surface area contributed by atoms with E-state index < -0.39 is 36.6 Å². The van der Waals surface area contributed by atoms with Crippen LogP contribution in [0.1, 0.15) is 199 Å². The standard InChI is InChI=1S/3C9H18O2.2C8H16O2.C7H14O2.CH4/c1-6(7(2)10)8(11)9(3,4)5;1-6(2)5-9(11)7(3)8(4)10;1-5-6(2)9(11)7(3)8(4)10;1-5(2)8(10)6(3)7(4)9;1-4-5-8(10)6(2)7(3)9;1-4-7(9)5(2)6(3)8;/h6,8,11H,1-5H3;2*6-7,9,11H,5H2,1-4H3;5-6,8,10H,1-4H3;6,8,10H,4-5H2,1-3H3;5,7,9H,4H2,1-3H3;1H4. The molecule has 0 radical (unpaired) electrons. The van der Waals surface area contributed by atoms with Gasteiger partial charge in [-0.2, -0.15) is 0 Å². The summed E-state index contributed by atoms with van der Waals surface area (Å²) >= 11 is 0. The Morgan fingerprint density at radius 3 is 0.921 bits per heavy atom. The Bertz CT molecular complexity index is 1210. The third-order valence-electron chi connectivity index (χ3n) is 11.6. The van der Waals surface area contributed by atoms with Gasteiger partial charge in [0.25, 0.3) is 0 Å². The lowest BCUT2D eigenvalue weighted by atomic mass is 9.81. The molecule has 0 bridgehead atoms. The molecule has 0 aromatic carbocycles. The van der Waals surface area contributed by atoms with Gasteiger partial charge in [0.05, 0.1) is 36.6 Å². The maximum absolute atomic E-state index is 10.9. The molecule has 12 heteroatoms. The number of rotatable bonds is 20. The van der Waals surface area contributed by atoms with Crippen LogP contribution < -0.4 is 0 Å². The number of carbonyl (C=O) groups is 6. The maximum atomic E-state index is 10.9. The number of hydrogen-bond acceptors (Lipinski definition) is 12. The number of aliphatic hydroxyl groups excluding tert-OH is 6. The molecule has 0 aliphatic rings. The Labute approximate surface area is 387 Å². The number of carbonyl (C=O) groups excluding carboxylic acids is 6. The van der Waals surface area contributed by atoms with E-state index in [0.717, 1.165) is 19.3 Å². The van der Waals surface area contributed by atoms with Crippen molar-refractivity contribution in [2.24, 2.45) is 58.7 Å². The van der Waals surface area contributed by atoms with E-state index in [-0.39, 0.29) is 94.9 Å². The van der Waals surface area contributed by atoms with Crippen LogP contribution in [0.15, 0.2) is 0 Å². The molecule has 0 aromatic rings. The maximum Gasteiger partial charge on any atom is 0.135 e. The van der Waals surface area contributed by atoms with E-state index in [4.69, 9.17) is 5.11 Å². The van der Waals surface area contributed by atoms with Gasteiger partial charge >= 0.3 is 0 Å². The predicted octanol–water partition coefficient (Wildman–Crippen LogP) is 9.07. The minimum absolute atomic E-state index is 0. The molecule has 0 aromatic heterocycles. The normalized spacial score (nSPS) is 17.0. The monoisotopic (exact) mass is 909 g/mol. The SMILES string of the molecule is C.CC(=O)C(C)C(O)C(C)(C)C.CC(=O)C(C)C(O)C(C)C.CC(=O)C(C)C(O)CC(C)C.CCC(C)C(O)C(C)C(C)=O.CCC(O)C(C)C(C)=O.CCCC(O)C(C)C(C)=O. The van der Waals surface area contributed by atoms with Crippen LogP contribution in [0.2, 0.25) is 0 Å². The van der Waals surface area contributed by atoms with Crippen molar-refractivity contribution >= 4 is 34.7 Å². The van der Waals surface area contributed by atoms with Gasteiger partial charge in [-0.15, -0.1) is 0 Å². The molecule has 380 valence electrons. The van der Waals surface area contributed by atoms with Crippen LogP contribution in [-0.2, 0) is 28.8 Å². The van der Waals surface area contributed by atoms with Gasteiger partial charge in [0.2, 0.25) is 0 Å². The molecule has 0 aliphatic heterocycles. The highest BCUT2D eigenvalue weighted by molar-refractivity contribution is 5.80. The van der Waals surface area contributed by atoms with Gasteiger partial charge in [-0.05, 0) is 84.0 Å². The zero-order valence-corrected chi connectivity index (χ0v) is 43.8. The highest BCUT2D eigenvalue weighted by Crippen LogP contribution is 2.25. The minimum Gasteiger partial charge on any atom is -0.392 e. The molecule has 13 atom stereocenters. The fraction of sp³-hybridized carbons (Fsp3) is 0.882. The van der Waals surface area contributed by atoms with E-state index in [2.05, 4.69) is 0 Å². The third kappa shape index (κ3) is 39.8. The Balaban J connectivity index is -0.000000119. The van der Waals surface area contributed by atoms with Crippen LogP contribution >= 0.6 is 0 Å². The molecule has 0 fully saturated rings. The van der Waals surface area contributed by atoms with Crippen LogP contribution in [0.25, 0.3) is 0 Å². The zero-order chi connectivity index (χ0) is 51.2. The van der Waals surface area contributed by atoms with Gasteiger partial charge in [0, 0.05) is 35.5 Å². The number of hydrogen-bond donors (Lipinski definition) is 6. The fourth-order valence-corrected chi connectivity index (χ4v) is 5.16. The van der Waals surface area contributed by atoms with Gasteiger partial charge in [0.15, 0.2) is 0 Å². The van der Waals surface area contributed by atoms with Crippen LogP contribution in [-0.4, -0.2) is 102 Å². The van der Waals surface area contributed by atoms with Crippen molar-refractivity contribution in [1.29, 1.82) is 0 Å². The summed E-state index contributed by atoms with van der Waals surface area (Å²) in [6.07, 6.45) is 1.06. The van der Waals surface area contributed by atoms with E-state index >= 15 is 0 Å². The lowest BCUT2D eigenvalue weighted by molar-refractivity contribution is -0.126. The quantitative estimate of drug-likeness (QED) is 0.0673. The van der Waals surface area contributed by atoms with Crippen molar-refractivity contribution in [2.75, 3.05) is 0 Å². The average molecular weight is 909 g/mol. The van der Waals surface area contributed by atoms with E-state index in [1.807, 2.05) is 76.2 Å². The van der Waals surface area contributed by atoms with Crippen LogP contribution in [0.4, 0.5) is 0 Å². The Kier molecular flexibility index (Phi) is 47.8. The minimum atomic E-state index is -0.542. The summed E-state index contributed by atoms with van der Waals surface area (Å²) < 4.78 is 0. The van der Waals surface area contributed by atoms with E-state index in [1.54, 1.807) is 41.5 Å². The predicted molar refractivity (Wildman–Crippen MR) is 260 cm³/mol.